The molecule has 0 bridgehead atoms. The number of nitrogens with zero attached hydrogens (tertiary/aromatic N) is 1. The molecule has 0 saturated heterocycles. The van der Waals surface area contributed by atoms with Gasteiger partial charge in [-0.3, -0.25) is 4.79 Å². The van der Waals surface area contributed by atoms with E-state index in [1.165, 1.54) is 6.92 Å². The van der Waals surface area contributed by atoms with Crippen molar-refractivity contribution in [3.63, 3.8) is 0 Å². The number of anilines is 1. The third-order valence-corrected chi connectivity index (χ3v) is 4.43. The lowest BCUT2D eigenvalue weighted by Crippen LogP contribution is -2.30. The van der Waals surface area contributed by atoms with Crippen LogP contribution >= 0.6 is 0 Å². The third kappa shape index (κ3) is 5.08. The van der Waals surface area contributed by atoms with E-state index in [2.05, 4.69) is 5.32 Å². The van der Waals surface area contributed by atoms with Crippen molar-refractivity contribution in [3.8, 4) is 6.07 Å². The van der Waals surface area contributed by atoms with Crippen LogP contribution in [0.3, 0.4) is 0 Å². The highest BCUT2D eigenvalue weighted by atomic mass is 16.5. The maximum Gasteiger partial charge on any atom is 0.339 e. The fourth-order valence-corrected chi connectivity index (χ4v) is 2.89. The standard InChI is InChI=1S/C24H20N2O3/c1-17(23(27)26-22-14-8-6-12-20(22)16-25)29-24(28)21-13-7-5-11-19(21)15-18-9-3-2-4-10-18/h2-14,17H,15H2,1H3,(H,26,27)/t17-/m0/s1. The molecule has 1 amide bonds. The molecule has 3 aromatic carbocycles. The molecular formula is C24H20N2O3. The van der Waals surface area contributed by atoms with Crippen LogP contribution in [0, 0.1) is 11.3 Å². The Morgan fingerprint density at radius 3 is 2.38 bits per heavy atom. The van der Waals surface area contributed by atoms with Gasteiger partial charge < -0.3 is 10.1 Å². The molecule has 0 heterocycles. The van der Waals surface area contributed by atoms with E-state index < -0.39 is 18.0 Å². The van der Waals surface area contributed by atoms with Crippen LogP contribution in [-0.4, -0.2) is 18.0 Å². The Hall–Kier alpha value is -3.91. The number of benzene rings is 3. The van der Waals surface area contributed by atoms with Gasteiger partial charge in [0.1, 0.15) is 6.07 Å². The van der Waals surface area contributed by atoms with Gasteiger partial charge in [0.15, 0.2) is 6.10 Å². The second-order valence-electron chi connectivity index (χ2n) is 6.51. The molecular weight excluding hydrogens is 364 g/mol. The Morgan fingerprint density at radius 1 is 0.966 bits per heavy atom. The third-order valence-electron chi connectivity index (χ3n) is 4.43. The number of nitrogens with one attached hydrogen (secondary N) is 1. The van der Waals surface area contributed by atoms with Crippen LogP contribution < -0.4 is 5.32 Å². The largest absolute Gasteiger partial charge is 0.449 e. The molecule has 144 valence electrons. The van der Waals surface area contributed by atoms with E-state index in [9.17, 15) is 9.59 Å². The van der Waals surface area contributed by atoms with Crippen molar-refractivity contribution in [3.05, 3.63) is 101 Å². The minimum atomic E-state index is -1.01. The van der Waals surface area contributed by atoms with Crippen LogP contribution in [-0.2, 0) is 16.0 Å². The summed E-state index contributed by atoms with van der Waals surface area (Å²) in [6.45, 7) is 1.50. The molecule has 0 saturated carbocycles. The van der Waals surface area contributed by atoms with E-state index in [1.54, 1.807) is 36.4 Å². The minimum absolute atomic E-state index is 0.340. The zero-order valence-electron chi connectivity index (χ0n) is 16.0. The average Bonchev–Trinajstić information content (AvgIpc) is 2.75. The first-order chi connectivity index (χ1) is 14.1. The van der Waals surface area contributed by atoms with Crippen molar-refractivity contribution < 1.29 is 14.3 Å². The lowest BCUT2D eigenvalue weighted by Gasteiger charge is -2.15. The highest BCUT2D eigenvalue weighted by Gasteiger charge is 2.21. The molecule has 0 aliphatic carbocycles. The van der Waals surface area contributed by atoms with Crippen LogP contribution in [0.1, 0.15) is 34.0 Å². The second kappa shape index (κ2) is 9.34. The molecule has 5 nitrogen and oxygen atoms in total. The topological polar surface area (TPSA) is 79.2 Å². The molecule has 0 spiro atoms. The van der Waals surface area contributed by atoms with Gasteiger partial charge in [-0.05, 0) is 42.7 Å². The molecule has 3 rings (SSSR count). The molecule has 0 aromatic heterocycles. The normalized spacial score (nSPS) is 11.2. The molecule has 0 fully saturated rings. The van der Waals surface area contributed by atoms with Crippen molar-refractivity contribution in [2.24, 2.45) is 0 Å². The van der Waals surface area contributed by atoms with Gasteiger partial charge in [0.2, 0.25) is 0 Å². The number of rotatable bonds is 6. The van der Waals surface area contributed by atoms with Crippen LogP contribution in [0.15, 0.2) is 78.9 Å². The van der Waals surface area contributed by atoms with E-state index in [0.717, 1.165) is 11.1 Å². The van der Waals surface area contributed by atoms with Gasteiger partial charge in [0.25, 0.3) is 5.91 Å². The van der Waals surface area contributed by atoms with E-state index in [1.807, 2.05) is 48.5 Å². The predicted octanol–water partition coefficient (Wildman–Crippen LogP) is 4.33. The number of nitriles is 1. The van der Waals surface area contributed by atoms with Crippen molar-refractivity contribution >= 4 is 17.6 Å². The monoisotopic (exact) mass is 384 g/mol. The van der Waals surface area contributed by atoms with Crippen molar-refractivity contribution in [1.29, 1.82) is 5.26 Å². The minimum Gasteiger partial charge on any atom is -0.449 e. The lowest BCUT2D eigenvalue weighted by molar-refractivity contribution is -0.123. The highest BCUT2D eigenvalue weighted by Crippen LogP contribution is 2.17. The van der Waals surface area contributed by atoms with Crippen LogP contribution in [0.5, 0.6) is 0 Å². The summed E-state index contributed by atoms with van der Waals surface area (Å²) in [6.07, 6.45) is -0.429. The molecule has 0 radical (unpaired) electrons. The fourth-order valence-electron chi connectivity index (χ4n) is 2.89. The summed E-state index contributed by atoms with van der Waals surface area (Å²) in [5, 5.41) is 11.8. The molecule has 1 N–H and O–H groups in total. The first-order valence-electron chi connectivity index (χ1n) is 9.21. The molecule has 0 aliphatic heterocycles. The summed E-state index contributed by atoms with van der Waals surface area (Å²) >= 11 is 0. The molecule has 0 unspecified atom stereocenters. The Morgan fingerprint density at radius 2 is 1.62 bits per heavy atom. The zero-order chi connectivity index (χ0) is 20.6. The second-order valence-corrected chi connectivity index (χ2v) is 6.51. The van der Waals surface area contributed by atoms with Gasteiger partial charge in [-0.1, -0.05) is 60.7 Å². The Bertz CT molecular complexity index is 1050. The molecule has 3 aromatic rings. The van der Waals surface area contributed by atoms with Gasteiger partial charge in [-0.25, -0.2) is 4.79 Å². The number of carbonyl (C=O) groups excluding carboxylic acids is 2. The summed E-state index contributed by atoms with van der Waals surface area (Å²) in [6, 6.07) is 25.7. The lowest BCUT2D eigenvalue weighted by atomic mass is 10.00. The van der Waals surface area contributed by atoms with Crippen LogP contribution in [0.4, 0.5) is 5.69 Å². The molecule has 1 atom stereocenters. The molecule has 29 heavy (non-hydrogen) atoms. The summed E-state index contributed by atoms with van der Waals surface area (Å²) in [5.74, 6) is -1.06. The molecule has 0 aliphatic rings. The van der Waals surface area contributed by atoms with Crippen molar-refractivity contribution in [2.45, 2.75) is 19.4 Å². The SMILES string of the molecule is C[C@H](OC(=O)c1ccccc1Cc1ccccc1)C(=O)Nc1ccccc1C#N. The van der Waals surface area contributed by atoms with Crippen molar-refractivity contribution in [2.75, 3.05) is 5.32 Å². The summed E-state index contributed by atoms with van der Waals surface area (Å²) < 4.78 is 5.39. The average molecular weight is 384 g/mol. The van der Waals surface area contributed by atoms with Gasteiger partial charge in [-0.2, -0.15) is 5.26 Å². The predicted molar refractivity (Wildman–Crippen MR) is 110 cm³/mol. The number of hydrogen-bond acceptors (Lipinski definition) is 4. The van der Waals surface area contributed by atoms with E-state index >= 15 is 0 Å². The summed E-state index contributed by atoms with van der Waals surface area (Å²) in [7, 11) is 0. The van der Waals surface area contributed by atoms with E-state index in [-0.39, 0.29) is 0 Å². The first kappa shape index (κ1) is 19.8. The number of amides is 1. The van der Waals surface area contributed by atoms with Crippen LogP contribution in [0.2, 0.25) is 0 Å². The van der Waals surface area contributed by atoms with Gasteiger partial charge in [0, 0.05) is 0 Å². The Kier molecular flexibility index (Phi) is 6.39. The number of para-hydroxylation sites is 1. The fraction of sp³-hybridized carbons (Fsp3) is 0.125. The quantitative estimate of drug-likeness (QED) is 0.642. The molecule has 5 heteroatoms. The zero-order valence-corrected chi connectivity index (χ0v) is 16.0. The number of esters is 1. The Balaban J connectivity index is 1.70. The maximum absolute atomic E-state index is 12.7. The first-order valence-corrected chi connectivity index (χ1v) is 9.21. The van der Waals surface area contributed by atoms with Gasteiger partial charge >= 0.3 is 5.97 Å². The van der Waals surface area contributed by atoms with Crippen molar-refractivity contribution in [1.82, 2.24) is 0 Å². The van der Waals surface area contributed by atoms with E-state index in [0.29, 0.717) is 23.2 Å². The number of carbonyl (C=O) groups is 2. The maximum atomic E-state index is 12.7. The smallest absolute Gasteiger partial charge is 0.339 e. The highest BCUT2D eigenvalue weighted by molar-refractivity contribution is 5.98. The van der Waals surface area contributed by atoms with Crippen LogP contribution in [0.25, 0.3) is 0 Å². The summed E-state index contributed by atoms with van der Waals surface area (Å²) in [4.78, 5) is 25.1. The van der Waals surface area contributed by atoms with Gasteiger partial charge in [0.05, 0.1) is 16.8 Å². The van der Waals surface area contributed by atoms with Gasteiger partial charge in [-0.15, -0.1) is 0 Å². The number of ether oxygens (including phenoxy) is 1. The summed E-state index contributed by atoms with van der Waals surface area (Å²) in [5.41, 5.74) is 3.05. The number of hydrogen-bond donors (Lipinski definition) is 1. The Labute approximate surface area is 169 Å². The van der Waals surface area contributed by atoms with E-state index in [4.69, 9.17) is 10.00 Å².